The molecule has 0 aliphatic carbocycles. The van der Waals surface area contributed by atoms with Crippen LogP contribution in [0.1, 0.15) is 10.4 Å². The highest BCUT2D eigenvalue weighted by atomic mass is 19.1. The summed E-state index contributed by atoms with van der Waals surface area (Å²) in [6, 6.07) is 5.12. The molecule has 0 unspecified atom stereocenters. The summed E-state index contributed by atoms with van der Waals surface area (Å²) in [5.74, 6) is -1.66. The van der Waals surface area contributed by atoms with Gasteiger partial charge in [-0.25, -0.2) is 19.0 Å². The van der Waals surface area contributed by atoms with Crippen LogP contribution in [0.2, 0.25) is 0 Å². The van der Waals surface area contributed by atoms with E-state index in [0.717, 1.165) is 6.20 Å². The summed E-state index contributed by atoms with van der Waals surface area (Å²) in [5.41, 5.74) is -0.286. The number of aromatic carboxylic acids is 1. The van der Waals surface area contributed by atoms with E-state index in [-0.39, 0.29) is 11.3 Å². The average Bonchev–Trinajstić information content (AvgIpc) is 2.29. The minimum atomic E-state index is -1.21. The number of aromatic amines is 1. The predicted molar refractivity (Wildman–Crippen MR) is 57.2 cm³/mol. The largest absolute Gasteiger partial charge is 0.478 e. The van der Waals surface area contributed by atoms with Crippen LogP contribution in [0.25, 0.3) is 11.3 Å². The maximum Gasteiger partial charge on any atom is 0.345 e. The van der Waals surface area contributed by atoms with Crippen molar-refractivity contribution in [3.05, 3.63) is 52.3 Å². The molecule has 0 fully saturated rings. The quantitative estimate of drug-likeness (QED) is 0.819. The predicted octanol–water partition coefficient (Wildman–Crippen LogP) is 1.27. The molecule has 0 amide bonds. The van der Waals surface area contributed by atoms with Crippen LogP contribution in [-0.4, -0.2) is 21.0 Å². The molecule has 86 valence electrons. The topological polar surface area (TPSA) is 83.0 Å². The van der Waals surface area contributed by atoms with Gasteiger partial charge in [0.25, 0.3) is 0 Å². The van der Waals surface area contributed by atoms with Gasteiger partial charge < -0.3 is 10.1 Å². The highest BCUT2D eigenvalue weighted by Crippen LogP contribution is 2.19. The van der Waals surface area contributed by atoms with Gasteiger partial charge in [0.15, 0.2) is 0 Å². The molecule has 0 atom stereocenters. The van der Waals surface area contributed by atoms with Gasteiger partial charge in [0.1, 0.15) is 11.4 Å². The molecule has 2 N–H and O–H groups in total. The zero-order valence-electron chi connectivity index (χ0n) is 8.48. The summed E-state index contributed by atoms with van der Waals surface area (Å²) in [4.78, 5) is 27.7. The third kappa shape index (κ3) is 2.20. The van der Waals surface area contributed by atoms with E-state index in [1.54, 1.807) is 0 Å². The lowest BCUT2D eigenvalue weighted by Gasteiger charge is -2.04. The van der Waals surface area contributed by atoms with Crippen molar-refractivity contribution in [3.8, 4) is 11.3 Å². The first kappa shape index (κ1) is 11.0. The number of halogens is 1. The molecule has 5 nitrogen and oxygen atoms in total. The van der Waals surface area contributed by atoms with Gasteiger partial charge in [-0.3, -0.25) is 0 Å². The number of rotatable bonds is 2. The van der Waals surface area contributed by atoms with Crippen LogP contribution in [-0.2, 0) is 0 Å². The summed E-state index contributed by atoms with van der Waals surface area (Å²) in [6.45, 7) is 0. The molecular formula is C11H7FN2O3. The highest BCUT2D eigenvalue weighted by molar-refractivity contribution is 5.94. The van der Waals surface area contributed by atoms with Crippen molar-refractivity contribution in [2.75, 3.05) is 0 Å². The minimum absolute atomic E-state index is 0.109. The molecule has 1 heterocycles. The summed E-state index contributed by atoms with van der Waals surface area (Å²) in [5, 5.41) is 8.94. The molecule has 0 spiro atoms. The number of carboxylic acid groups (broad SMARTS) is 1. The van der Waals surface area contributed by atoms with E-state index in [1.165, 1.54) is 24.3 Å². The molecule has 0 aliphatic rings. The minimum Gasteiger partial charge on any atom is -0.478 e. The van der Waals surface area contributed by atoms with E-state index in [1.807, 2.05) is 0 Å². The summed E-state index contributed by atoms with van der Waals surface area (Å²) in [6.07, 6.45) is 0.972. The Bertz CT molecular complexity index is 619. The second-order valence-electron chi connectivity index (χ2n) is 3.29. The molecular weight excluding hydrogens is 227 g/mol. The Labute approximate surface area is 94.6 Å². The molecule has 6 heteroatoms. The van der Waals surface area contributed by atoms with Crippen molar-refractivity contribution in [2.45, 2.75) is 0 Å². The third-order valence-electron chi connectivity index (χ3n) is 2.18. The first-order valence-corrected chi connectivity index (χ1v) is 4.66. The Balaban J connectivity index is 2.64. The van der Waals surface area contributed by atoms with Crippen LogP contribution in [0.5, 0.6) is 0 Å². The smallest absolute Gasteiger partial charge is 0.345 e. The number of nitrogens with one attached hydrogen (secondary N) is 1. The number of hydrogen-bond acceptors (Lipinski definition) is 3. The van der Waals surface area contributed by atoms with Gasteiger partial charge in [0, 0.05) is 6.20 Å². The molecule has 17 heavy (non-hydrogen) atoms. The molecule has 0 radical (unpaired) electrons. The number of nitrogens with zero attached hydrogens (tertiary/aromatic N) is 1. The summed E-state index contributed by atoms with van der Waals surface area (Å²) in [7, 11) is 0. The summed E-state index contributed by atoms with van der Waals surface area (Å²) < 4.78 is 12.7. The van der Waals surface area contributed by atoms with Crippen molar-refractivity contribution >= 4 is 5.97 Å². The van der Waals surface area contributed by atoms with Gasteiger partial charge in [0.05, 0.1) is 5.69 Å². The standard InChI is InChI=1S/C11H7FN2O3/c12-7-3-1-6(2-4-7)9-8(10(15)16)5-13-11(17)14-9/h1-5H,(H,15,16)(H,13,14,17). The Morgan fingerprint density at radius 2 is 1.94 bits per heavy atom. The summed E-state index contributed by atoms with van der Waals surface area (Å²) >= 11 is 0. The highest BCUT2D eigenvalue weighted by Gasteiger charge is 2.13. The zero-order valence-corrected chi connectivity index (χ0v) is 8.48. The SMILES string of the molecule is O=C(O)c1cnc(=O)[nH]c1-c1ccc(F)cc1. The Morgan fingerprint density at radius 1 is 1.29 bits per heavy atom. The fourth-order valence-corrected chi connectivity index (χ4v) is 1.40. The second kappa shape index (κ2) is 4.17. The lowest BCUT2D eigenvalue weighted by atomic mass is 10.1. The van der Waals surface area contributed by atoms with Crippen molar-refractivity contribution in [1.29, 1.82) is 0 Å². The monoisotopic (exact) mass is 234 g/mol. The van der Waals surface area contributed by atoms with Crippen LogP contribution in [0.4, 0.5) is 4.39 Å². The van der Waals surface area contributed by atoms with E-state index in [9.17, 15) is 14.0 Å². The number of aromatic nitrogens is 2. The maximum absolute atomic E-state index is 12.7. The molecule has 2 rings (SSSR count). The number of carbonyl (C=O) groups is 1. The molecule has 1 aromatic carbocycles. The first-order valence-electron chi connectivity index (χ1n) is 4.66. The maximum atomic E-state index is 12.7. The second-order valence-corrected chi connectivity index (χ2v) is 3.29. The number of H-pyrrole nitrogens is 1. The van der Waals surface area contributed by atoms with Crippen molar-refractivity contribution in [3.63, 3.8) is 0 Å². The first-order chi connectivity index (χ1) is 8.08. The third-order valence-corrected chi connectivity index (χ3v) is 2.18. The van der Waals surface area contributed by atoms with E-state index < -0.39 is 17.5 Å². The molecule has 0 saturated heterocycles. The normalized spacial score (nSPS) is 10.2. The fourth-order valence-electron chi connectivity index (χ4n) is 1.40. The van der Waals surface area contributed by atoms with Gasteiger partial charge in [-0.05, 0) is 29.8 Å². The van der Waals surface area contributed by atoms with Crippen LogP contribution in [0.3, 0.4) is 0 Å². The average molecular weight is 234 g/mol. The van der Waals surface area contributed by atoms with E-state index in [2.05, 4.69) is 9.97 Å². The fraction of sp³-hybridized carbons (Fsp3) is 0. The number of hydrogen-bond donors (Lipinski definition) is 2. The molecule has 2 aromatic rings. The van der Waals surface area contributed by atoms with E-state index in [4.69, 9.17) is 5.11 Å². The Hall–Kier alpha value is -2.50. The molecule has 1 aromatic heterocycles. The van der Waals surface area contributed by atoms with Gasteiger partial charge in [-0.15, -0.1) is 0 Å². The van der Waals surface area contributed by atoms with Crippen molar-refractivity contribution < 1.29 is 14.3 Å². The Morgan fingerprint density at radius 3 is 2.53 bits per heavy atom. The molecule has 0 aliphatic heterocycles. The van der Waals surface area contributed by atoms with E-state index >= 15 is 0 Å². The lowest BCUT2D eigenvalue weighted by molar-refractivity contribution is 0.0697. The lowest BCUT2D eigenvalue weighted by Crippen LogP contribution is -2.14. The molecule has 0 saturated carbocycles. The van der Waals surface area contributed by atoms with Crippen LogP contribution >= 0.6 is 0 Å². The number of carboxylic acids is 1. The molecule has 0 bridgehead atoms. The van der Waals surface area contributed by atoms with Crippen LogP contribution in [0.15, 0.2) is 35.3 Å². The Kier molecular flexibility index (Phi) is 2.70. The van der Waals surface area contributed by atoms with Crippen LogP contribution < -0.4 is 5.69 Å². The zero-order chi connectivity index (χ0) is 12.4. The van der Waals surface area contributed by atoms with Crippen LogP contribution in [0, 0.1) is 5.82 Å². The van der Waals surface area contributed by atoms with E-state index in [0.29, 0.717) is 5.56 Å². The van der Waals surface area contributed by atoms with Crippen molar-refractivity contribution in [2.24, 2.45) is 0 Å². The number of benzene rings is 1. The van der Waals surface area contributed by atoms with Crippen molar-refractivity contribution in [1.82, 2.24) is 9.97 Å². The van der Waals surface area contributed by atoms with Gasteiger partial charge in [-0.1, -0.05) is 0 Å². The van der Waals surface area contributed by atoms with Gasteiger partial charge >= 0.3 is 11.7 Å². The van der Waals surface area contributed by atoms with Gasteiger partial charge in [0.2, 0.25) is 0 Å². The van der Waals surface area contributed by atoms with Gasteiger partial charge in [-0.2, -0.15) is 0 Å².